The van der Waals surface area contributed by atoms with E-state index in [4.69, 9.17) is 0 Å². The van der Waals surface area contributed by atoms with Crippen LogP contribution in [-0.4, -0.2) is 54.6 Å². The number of nitrogens with one attached hydrogen (secondary N) is 1. The number of benzene rings is 3. The monoisotopic (exact) mass is 530 g/mol. The number of hydrogen-bond acceptors (Lipinski definition) is 5. The Labute approximate surface area is 227 Å². The highest BCUT2D eigenvalue weighted by Gasteiger charge is 2.44. The summed E-state index contributed by atoms with van der Waals surface area (Å²) in [5.74, 6) is -3.10. The fourth-order valence-corrected chi connectivity index (χ4v) is 4.54. The zero-order chi connectivity index (χ0) is 28.3. The van der Waals surface area contributed by atoms with Gasteiger partial charge in [0.25, 0.3) is 11.7 Å². The van der Waals surface area contributed by atoms with Crippen LogP contribution in [0.25, 0.3) is 0 Å². The second-order valence-corrected chi connectivity index (χ2v) is 9.83. The fourth-order valence-electron chi connectivity index (χ4n) is 4.54. The van der Waals surface area contributed by atoms with Crippen molar-refractivity contribution < 1.29 is 23.6 Å². The van der Waals surface area contributed by atoms with Crippen molar-refractivity contribution in [2.75, 3.05) is 35.8 Å². The maximum Gasteiger partial charge on any atom is 0.299 e. The van der Waals surface area contributed by atoms with Gasteiger partial charge in [-0.15, -0.1) is 0 Å². The molecule has 0 radical (unpaired) electrons. The number of para-hydroxylation sites is 1. The van der Waals surface area contributed by atoms with E-state index in [9.17, 15) is 23.6 Å². The predicted molar refractivity (Wildman–Crippen MR) is 148 cm³/mol. The molecule has 3 amide bonds. The van der Waals surface area contributed by atoms with Gasteiger partial charge in [0, 0.05) is 37.6 Å². The summed E-state index contributed by atoms with van der Waals surface area (Å²) in [4.78, 5) is 57.2. The number of Topliss-reactive ketones (excluding diaryl/α,β-unsaturated/α-hetero) is 1. The molecule has 202 valence electrons. The lowest BCUT2D eigenvalue weighted by molar-refractivity contribution is -0.145. The standard InChI is InChI=1S/C30H31FN4O4/c1-5-30(2,29(39)32-21-14-16-22(17-15-21)33(3)4)35(18-20-10-6-8-12-24(20)31)26(36)19-34-25-13-9-7-11-23(25)27(37)28(34)38/h6-17H,5,18-19H2,1-4H3,(H,32,39). The van der Waals surface area contributed by atoms with Crippen LogP contribution in [0.2, 0.25) is 0 Å². The second-order valence-electron chi connectivity index (χ2n) is 9.83. The first-order valence-corrected chi connectivity index (χ1v) is 12.6. The lowest BCUT2D eigenvalue weighted by Crippen LogP contribution is -2.58. The molecule has 39 heavy (non-hydrogen) atoms. The Morgan fingerprint density at radius 1 is 0.949 bits per heavy atom. The maximum atomic E-state index is 14.7. The molecule has 1 unspecified atom stereocenters. The fraction of sp³-hybridized carbons (Fsp3) is 0.267. The molecular weight excluding hydrogens is 499 g/mol. The van der Waals surface area contributed by atoms with Crippen LogP contribution in [-0.2, 0) is 20.9 Å². The van der Waals surface area contributed by atoms with E-state index in [1.165, 1.54) is 17.0 Å². The van der Waals surface area contributed by atoms with Gasteiger partial charge in [-0.05, 0) is 55.8 Å². The zero-order valence-corrected chi connectivity index (χ0v) is 22.4. The normalized spacial score (nSPS) is 14.0. The van der Waals surface area contributed by atoms with Crippen LogP contribution in [0.1, 0.15) is 36.2 Å². The van der Waals surface area contributed by atoms with Crippen molar-refractivity contribution >= 4 is 40.6 Å². The molecule has 1 heterocycles. The Hall–Kier alpha value is -4.53. The van der Waals surface area contributed by atoms with Crippen LogP contribution in [0.3, 0.4) is 0 Å². The lowest BCUT2D eigenvalue weighted by atomic mass is 9.93. The first-order valence-electron chi connectivity index (χ1n) is 12.6. The molecule has 9 heteroatoms. The number of anilines is 3. The molecule has 0 bridgehead atoms. The summed E-state index contributed by atoms with van der Waals surface area (Å²) >= 11 is 0. The number of nitrogens with zero attached hydrogens (tertiary/aromatic N) is 3. The molecule has 0 aliphatic carbocycles. The third-order valence-electron chi connectivity index (χ3n) is 7.17. The Morgan fingerprint density at radius 3 is 2.23 bits per heavy atom. The Morgan fingerprint density at radius 2 is 1.59 bits per heavy atom. The number of rotatable bonds is 9. The first kappa shape index (κ1) is 27.5. The second kappa shape index (κ2) is 11.1. The van der Waals surface area contributed by atoms with E-state index < -0.39 is 41.4 Å². The third-order valence-corrected chi connectivity index (χ3v) is 7.17. The predicted octanol–water partition coefficient (Wildman–Crippen LogP) is 4.26. The quantitative estimate of drug-likeness (QED) is 0.418. The van der Waals surface area contributed by atoms with Gasteiger partial charge in [0.15, 0.2) is 0 Å². The summed E-state index contributed by atoms with van der Waals surface area (Å²) in [6, 6.07) is 19.7. The van der Waals surface area contributed by atoms with Crippen molar-refractivity contribution in [1.82, 2.24) is 4.90 Å². The number of halogens is 1. The average Bonchev–Trinajstić information content (AvgIpc) is 3.17. The van der Waals surface area contributed by atoms with Crippen LogP contribution in [0.15, 0.2) is 72.8 Å². The zero-order valence-electron chi connectivity index (χ0n) is 22.4. The molecule has 4 rings (SSSR count). The number of carbonyl (C=O) groups excluding carboxylic acids is 4. The van der Waals surface area contributed by atoms with Crippen LogP contribution in [0.4, 0.5) is 21.5 Å². The summed E-state index contributed by atoms with van der Waals surface area (Å²) in [5.41, 5.74) is 0.846. The molecule has 1 N–H and O–H groups in total. The molecule has 1 aliphatic heterocycles. The summed E-state index contributed by atoms with van der Waals surface area (Å²) in [6.07, 6.45) is 0.207. The van der Waals surface area contributed by atoms with E-state index in [1.807, 2.05) is 31.1 Å². The topological polar surface area (TPSA) is 90.0 Å². The van der Waals surface area contributed by atoms with Crippen LogP contribution >= 0.6 is 0 Å². The van der Waals surface area contributed by atoms with Gasteiger partial charge in [0.1, 0.15) is 17.9 Å². The molecule has 0 saturated heterocycles. The number of amides is 3. The largest absolute Gasteiger partial charge is 0.378 e. The van der Waals surface area contributed by atoms with E-state index in [0.29, 0.717) is 11.4 Å². The highest BCUT2D eigenvalue weighted by Crippen LogP contribution is 2.31. The molecule has 0 aromatic heterocycles. The summed E-state index contributed by atoms with van der Waals surface area (Å²) in [5, 5.41) is 2.88. The van der Waals surface area contributed by atoms with Crippen molar-refractivity contribution in [3.05, 3.63) is 89.7 Å². The minimum Gasteiger partial charge on any atom is -0.378 e. The van der Waals surface area contributed by atoms with Crippen molar-refractivity contribution in [2.45, 2.75) is 32.4 Å². The van der Waals surface area contributed by atoms with Crippen LogP contribution in [0, 0.1) is 5.82 Å². The molecule has 1 atom stereocenters. The first-order chi connectivity index (χ1) is 18.6. The SMILES string of the molecule is CCC(C)(C(=O)Nc1ccc(N(C)C)cc1)N(Cc1ccccc1F)C(=O)CN1C(=O)C(=O)c2ccccc21. The molecule has 0 fully saturated rings. The van der Waals surface area contributed by atoms with E-state index in [-0.39, 0.29) is 24.1 Å². The van der Waals surface area contributed by atoms with E-state index in [2.05, 4.69) is 5.32 Å². The summed E-state index contributed by atoms with van der Waals surface area (Å²) in [7, 11) is 3.82. The number of hydrogen-bond donors (Lipinski definition) is 1. The van der Waals surface area contributed by atoms with Gasteiger partial charge in [-0.2, -0.15) is 0 Å². The van der Waals surface area contributed by atoms with E-state index >= 15 is 0 Å². The molecule has 0 saturated carbocycles. The molecular formula is C30H31FN4O4. The van der Waals surface area contributed by atoms with Gasteiger partial charge in [0.2, 0.25) is 11.8 Å². The van der Waals surface area contributed by atoms with Crippen LogP contribution < -0.4 is 15.1 Å². The van der Waals surface area contributed by atoms with Gasteiger partial charge in [-0.1, -0.05) is 37.3 Å². The Bertz CT molecular complexity index is 1420. The summed E-state index contributed by atoms with van der Waals surface area (Å²) < 4.78 is 14.7. The average molecular weight is 531 g/mol. The van der Waals surface area contributed by atoms with Gasteiger partial charge < -0.3 is 15.1 Å². The van der Waals surface area contributed by atoms with Gasteiger partial charge >= 0.3 is 0 Å². The maximum absolute atomic E-state index is 14.7. The third kappa shape index (κ3) is 5.38. The van der Waals surface area contributed by atoms with Crippen molar-refractivity contribution in [3.8, 4) is 0 Å². The van der Waals surface area contributed by atoms with E-state index in [1.54, 1.807) is 62.4 Å². The smallest absolute Gasteiger partial charge is 0.299 e. The Kier molecular flexibility index (Phi) is 7.80. The van der Waals surface area contributed by atoms with Crippen molar-refractivity contribution in [1.29, 1.82) is 0 Å². The minimum absolute atomic E-state index is 0.207. The molecule has 8 nitrogen and oxygen atoms in total. The number of carbonyl (C=O) groups is 4. The Balaban J connectivity index is 1.67. The van der Waals surface area contributed by atoms with Crippen LogP contribution in [0.5, 0.6) is 0 Å². The van der Waals surface area contributed by atoms with E-state index in [0.717, 1.165) is 10.6 Å². The highest BCUT2D eigenvalue weighted by atomic mass is 19.1. The molecule has 3 aromatic rings. The highest BCUT2D eigenvalue weighted by molar-refractivity contribution is 6.52. The van der Waals surface area contributed by atoms with Gasteiger partial charge in [-0.3, -0.25) is 24.1 Å². The van der Waals surface area contributed by atoms with Crippen molar-refractivity contribution in [2.24, 2.45) is 0 Å². The van der Waals surface area contributed by atoms with Gasteiger partial charge in [-0.25, -0.2) is 4.39 Å². The molecule has 1 aliphatic rings. The van der Waals surface area contributed by atoms with Crippen molar-refractivity contribution in [3.63, 3.8) is 0 Å². The number of fused-ring (bicyclic) bond motifs is 1. The minimum atomic E-state index is -1.41. The molecule has 0 spiro atoms. The summed E-state index contributed by atoms with van der Waals surface area (Å²) in [6.45, 7) is 2.69. The lowest BCUT2D eigenvalue weighted by Gasteiger charge is -2.40. The molecule has 3 aromatic carbocycles. The number of ketones is 1. The van der Waals surface area contributed by atoms with Gasteiger partial charge in [0.05, 0.1) is 11.3 Å².